The molecule has 0 bridgehead atoms. The van der Waals surface area contributed by atoms with Crippen molar-refractivity contribution in [3.05, 3.63) is 17.5 Å². The Hall–Kier alpha value is -0.830. The van der Waals surface area contributed by atoms with Crippen molar-refractivity contribution >= 4 is 0 Å². The summed E-state index contributed by atoms with van der Waals surface area (Å²) in [6.07, 6.45) is 4.91. The van der Waals surface area contributed by atoms with Crippen molar-refractivity contribution in [2.24, 2.45) is 5.92 Å². The predicted octanol–water partition coefficient (Wildman–Crippen LogP) is 1.73. The van der Waals surface area contributed by atoms with Crippen LogP contribution >= 0.6 is 0 Å². The van der Waals surface area contributed by atoms with Gasteiger partial charge in [0.05, 0.1) is 11.8 Å². The van der Waals surface area contributed by atoms with Gasteiger partial charge in [-0.05, 0) is 25.7 Å². The van der Waals surface area contributed by atoms with Crippen LogP contribution in [0, 0.1) is 12.8 Å². The quantitative estimate of drug-likeness (QED) is 0.744. The van der Waals surface area contributed by atoms with Gasteiger partial charge in [0, 0.05) is 11.3 Å². The number of aromatic nitrogens is 2. The standard InChI is InChI=1S/C10H16N2O/c1-3-4-8-5-10(8,13)9-6-11-12-7(9)2/h6,8,13H,3-5H2,1-2H3,(H,11,12). The molecule has 2 unspecified atom stereocenters. The molecule has 0 saturated heterocycles. The Labute approximate surface area is 78.2 Å². The monoisotopic (exact) mass is 180 g/mol. The summed E-state index contributed by atoms with van der Waals surface area (Å²) in [4.78, 5) is 0. The molecule has 72 valence electrons. The summed E-state index contributed by atoms with van der Waals surface area (Å²) in [5.41, 5.74) is 1.43. The summed E-state index contributed by atoms with van der Waals surface area (Å²) in [6, 6.07) is 0. The summed E-state index contributed by atoms with van der Waals surface area (Å²) in [6.45, 7) is 4.11. The van der Waals surface area contributed by atoms with Crippen LogP contribution in [0.2, 0.25) is 0 Å². The lowest BCUT2D eigenvalue weighted by atomic mass is 10.1. The van der Waals surface area contributed by atoms with Gasteiger partial charge in [0.15, 0.2) is 0 Å². The van der Waals surface area contributed by atoms with E-state index in [4.69, 9.17) is 0 Å². The number of aryl methyl sites for hydroxylation is 1. The summed E-state index contributed by atoms with van der Waals surface area (Å²) in [5.74, 6) is 0.453. The first-order valence-corrected chi connectivity index (χ1v) is 4.91. The number of aliphatic hydroxyl groups is 1. The summed E-state index contributed by atoms with van der Waals surface area (Å²) in [7, 11) is 0. The van der Waals surface area contributed by atoms with Crippen LogP contribution in [-0.2, 0) is 5.60 Å². The molecule has 0 amide bonds. The molecule has 2 N–H and O–H groups in total. The molecule has 13 heavy (non-hydrogen) atoms. The minimum atomic E-state index is -0.562. The second-order valence-corrected chi connectivity index (χ2v) is 4.02. The van der Waals surface area contributed by atoms with Gasteiger partial charge in [-0.15, -0.1) is 0 Å². The fourth-order valence-corrected chi connectivity index (χ4v) is 2.12. The maximum atomic E-state index is 10.2. The van der Waals surface area contributed by atoms with E-state index in [0.29, 0.717) is 5.92 Å². The maximum Gasteiger partial charge on any atom is 0.0962 e. The first-order valence-electron chi connectivity index (χ1n) is 4.91. The van der Waals surface area contributed by atoms with Crippen LogP contribution in [0.5, 0.6) is 0 Å². The number of nitrogens with zero attached hydrogens (tertiary/aromatic N) is 1. The van der Waals surface area contributed by atoms with Gasteiger partial charge in [0.2, 0.25) is 0 Å². The fourth-order valence-electron chi connectivity index (χ4n) is 2.12. The molecule has 1 aliphatic carbocycles. The SMILES string of the molecule is CCCC1CC1(O)c1cn[nH]c1C. The minimum absolute atomic E-state index is 0.453. The van der Waals surface area contributed by atoms with Crippen LogP contribution in [0.15, 0.2) is 6.20 Å². The first kappa shape index (κ1) is 8.75. The lowest BCUT2D eigenvalue weighted by Crippen LogP contribution is -2.09. The normalized spacial score (nSPS) is 32.1. The molecule has 3 nitrogen and oxygen atoms in total. The van der Waals surface area contributed by atoms with Gasteiger partial charge in [0.1, 0.15) is 0 Å². The van der Waals surface area contributed by atoms with Crippen LogP contribution in [0.3, 0.4) is 0 Å². The van der Waals surface area contributed by atoms with Crippen molar-refractivity contribution in [1.82, 2.24) is 10.2 Å². The van der Waals surface area contributed by atoms with E-state index < -0.39 is 5.60 Å². The highest BCUT2D eigenvalue weighted by atomic mass is 16.3. The molecule has 2 atom stereocenters. The summed E-state index contributed by atoms with van der Waals surface area (Å²) >= 11 is 0. The van der Waals surface area contributed by atoms with Gasteiger partial charge in [-0.2, -0.15) is 5.10 Å². The highest BCUT2D eigenvalue weighted by molar-refractivity contribution is 5.30. The van der Waals surface area contributed by atoms with Gasteiger partial charge in [-0.1, -0.05) is 13.3 Å². The van der Waals surface area contributed by atoms with Gasteiger partial charge in [-0.25, -0.2) is 0 Å². The Morgan fingerprint density at radius 3 is 3.08 bits per heavy atom. The van der Waals surface area contributed by atoms with E-state index in [1.54, 1.807) is 6.20 Å². The first-order chi connectivity index (χ1) is 6.18. The smallest absolute Gasteiger partial charge is 0.0962 e. The van der Waals surface area contributed by atoms with Gasteiger partial charge >= 0.3 is 0 Å². The van der Waals surface area contributed by atoms with Crippen LogP contribution in [-0.4, -0.2) is 15.3 Å². The Morgan fingerprint density at radius 2 is 2.54 bits per heavy atom. The minimum Gasteiger partial charge on any atom is -0.385 e. The zero-order valence-electron chi connectivity index (χ0n) is 8.17. The van der Waals surface area contributed by atoms with Crippen molar-refractivity contribution in [3.63, 3.8) is 0 Å². The zero-order chi connectivity index (χ0) is 9.47. The van der Waals surface area contributed by atoms with Crippen molar-refractivity contribution in [2.75, 3.05) is 0 Å². The molecule has 1 aromatic heterocycles. The molecule has 1 fully saturated rings. The number of hydrogen-bond acceptors (Lipinski definition) is 2. The third kappa shape index (κ3) is 1.27. The van der Waals surface area contributed by atoms with Gasteiger partial charge < -0.3 is 5.11 Å². The molecule has 1 aromatic rings. The molecule has 1 heterocycles. The van der Waals surface area contributed by atoms with Crippen LogP contribution < -0.4 is 0 Å². The molecular weight excluding hydrogens is 164 g/mol. The largest absolute Gasteiger partial charge is 0.385 e. The molecular formula is C10H16N2O. The van der Waals surface area contributed by atoms with E-state index in [2.05, 4.69) is 17.1 Å². The average Bonchev–Trinajstić information content (AvgIpc) is 2.56. The topological polar surface area (TPSA) is 48.9 Å². The predicted molar refractivity (Wildman–Crippen MR) is 50.2 cm³/mol. The number of aromatic amines is 1. The molecule has 3 heteroatoms. The van der Waals surface area contributed by atoms with Crippen LogP contribution in [0.25, 0.3) is 0 Å². The van der Waals surface area contributed by atoms with E-state index in [0.717, 1.165) is 30.5 Å². The molecule has 0 aromatic carbocycles. The lowest BCUT2D eigenvalue weighted by Gasteiger charge is -2.08. The van der Waals surface area contributed by atoms with E-state index in [9.17, 15) is 5.11 Å². The highest BCUT2D eigenvalue weighted by Gasteiger charge is 2.54. The maximum absolute atomic E-state index is 10.2. The highest BCUT2D eigenvalue weighted by Crippen LogP contribution is 2.54. The Balaban J connectivity index is 2.15. The molecule has 1 saturated carbocycles. The van der Waals surface area contributed by atoms with Crippen molar-refractivity contribution in [2.45, 2.75) is 38.7 Å². The number of H-pyrrole nitrogens is 1. The molecule has 0 radical (unpaired) electrons. The molecule has 2 rings (SSSR count). The van der Waals surface area contributed by atoms with Crippen molar-refractivity contribution < 1.29 is 5.11 Å². The van der Waals surface area contributed by atoms with Crippen LogP contribution in [0.1, 0.15) is 37.4 Å². The second kappa shape index (κ2) is 2.84. The van der Waals surface area contributed by atoms with E-state index in [-0.39, 0.29) is 0 Å². The number of nitrogens with one attached hydrogen (secondary N) is 1. The molecule has 1 aliphatic rings. The van der Waals surface area contributed by atoms with Gasteiger partial charge in [-0.3, -0.25) is 5.10 Å². The third-order valence-electron chi connectivity index (χ3n) is 3.01. The molecule has 0 aliphatic heterocycles. The van der Waals surface area contributed by atoms with Crippen molar-refractivity contribution in [1.29, 1.82) is 0 Å². The van der Waals surface area contributed by atoms with E-state index in [1.165, 1.54) is 0 Å². The van der Waals surface area contributed by atoms with E-state index >= 15 is 0 Å². The Bertz CT molecular complexity index is 308. The average molecular weight is 180 g/mol. The third-order valence-corrected chi connectivity index (χ3v) is 3.01. The lowest BCUT2D eigenvalue weighted by molar-refractivity contribution is 0.128. The summed E-state index contributed by atoms with van der Waals surface area (Å²) in [5, 5.41) is 17.0. The summed E-state index contributed by atoms with van der Waals surface area (Å²) < 4.78 is 0. The van der Waals surface area contributed by atoms with Crippen LogP contribution in [0.4, 0.5) is 0 Å². The number of hydrogen-bond donors (Lipinski definition) is 2. The Kier molecular flexibility index (Phi) is 1.91. The fraction of sp³-hybridized carbons (Fsp3) is 0.700. The van der Waals surface area contributed by atoms with Crippen molar-refractivity contribution in [3.8, 4) is 0 Å². The zero-order valence-corrected chi connectivity index (χ0v) is 8.17. The second-order valence-electron chi connectivity index (χ2n) is 4.02. The Morgan fingerprint density at radius 1 is 1.77 bits per heavy atom. The molecule has 0 spiro atoms. The number of rotatable bonds is 3. The van der Waals surface area contributed by atoms with E-state index in [1.807, 2.05) is 6.92 Å². The van der Waals surface area contributed by atoms with Gasteiger partial charge in [0.25, 0.3) is 0 Å².